The maximum Gasteiger partial charge on any atom is 0.257 e. The summed E-state index contributed by atoms with van der Waals surface area (Å²) in [5.41, 5.74) is 3.78. The second-order valence-electron chi connectivity index (χ2n) is 4.49. The van der Waals surface area contributed by atoms with Crippen LogP contribution in [0.1, 0.15) is 0 Å². The molecule has 0 amide bonds. The lowest BCUT2D eigenvalue weighted by atomic mass is 10.4. The first-order chi connectivity index (χ1) is 8.70. The maximum absolute atomic E-state index is 13.0. The Labute approximate surface area is 104 Å². The van der Waals surface area contributed by atoms with E-state index in [2.05, 4.69) is 32.5 Å². The van der Waals surface area contributed by atoms with Crippen molar-refractivity contribution in [1.82, 2.24) is 24.5 Å². The van der Waals surface area contributed by atoms with Crippen molar-refractivity contribution in [1.29, 1.82) is 0 Å². The number of nitrogens with zero attached hydrogens (tertiary/aromatic N) is 5. The number of rotatable bonds is 2. The molecule has 1 saturated heterocycles. The van der Waals surface area contributed by atoms with Crippen LogP contribution in [0.4, 0.5) is 10.3 Å². The Morgan fingerprint density at radius 3 is 2.78 bits per heavy atom. The fraction of sp³-hybridized carbons (Fsp3) is 0.455. The number of hydrazine groups is 1. The van der Waals surface area contributed by atoms with Crippen molar-refractivity contribution in [3.05, 3.63) is 24.1 Å². The number of fused-ring (bicyclic) bond motifs is 1. The third-order valence-electron chi connectivity index (χ3n) is 3.06. The summed E-state index contributed by atoms with van der Waals surface area (Å²) < 4.78 is 14.5. The van der Waals surface area contributed by atoms with Crippen molar-refractivity contribution in [3.8, 4) is 0 Å². The molecule has 3 rings (SSSR count). The highest BCUT2D eigenvalue weighted by atomic mass is 19.1. The van der Waals surface area contributed by atoms with E-state index < -0.39 is 0 Å². The first-order valence-electron chi connectivity index (χ1n) is 5.93. The quantitative estimate of drug-likeness (QED) is 0.838. The van der Waals surface area contributed by atoms with Gasteiger partial charge in [0.25, 0.3) is 5.95 Å². The van der Waals surface area contributed by atoms with Gasteiger partial charge in [-0.3, -0.25) is 5.43 Å². The van der Waals surface area contributed by atoms with E-state index in [0.717, 1.165) is 26.2 Å². The molecule has 0 bridgehead atoms. The van der Waals surface area contributed by atoms with Crippen LogP contribution >= 0.6 is 0 Å². The molecule has 6 nitrogen and oxygen atoms in total. The zero-order valence-electron chi connectivity index (χ0n) is 10.2. The average Bonchev–Trinajstić information content (AvgIpc) is 2.73. The largest absolute Gasteiger partial charge is 0.304 e. The summed E-state index contributed by atoms with van der Waals surface area (Å²) in [5.74, 6) is 0.184. The third-order valence-corrected chi connectivity index (χ3v) is 3.06. The molecule has 0 aromatic carbocycles. The first-order valence-corrected chi connectivity index (χ1v) is 5.93. The Balaban J connectivity index is 1.74. The van der Waals surface area contributed by atoms with Gasteiger partial charge in [0.1, 0.15) is 5.82 Å². The van der Waals surface area contributed by atoms with Crippen LogP contribution in [0.2, 0.25) is 0 Å². The van der Waals surface area contributed by atoms with Crippen LogP contribution in [0.15, 0.2) is 18.3 Å². The Hall–Kier alpha value is -1.73. The molecule has 2 aromatic rings. The lowest BCUT2D eigenvalue weighted by molar-refractivity contribution is 0.178. The van der Waals surface area contributed by atoms with E-state index >= 15 is 0 Å². The molecule has 0 radical (unpaired) electrons. The predicted molar refractivity (Wildman–Crippen MR) is 65.6 cm³/mol. The average molecular weight is 250 g/mol. The maximum atomic E-state index is 13.0. The van der Waals surface area contributed by atoms with Crippen LogP contribution < -0.4 is 5.43 Å². The third kappa shape index (κ3) is 2.27. The van der Waals surface area contributed by atoms with Crippen molar-refractivity contribution in [2.45, 2.75) is 0 Å². The molecule has 2 aromatic heterocycles. The molecule has 0 unspecified atom stereocenters. The van der Waals surface area contributed by atoms with E-state index in [1.54, 1.807) is 6.07 Å². The summed E-state index contributed by atoms with van der Waals surface area (Å²) in [4.78, 5) is 6.55. The molecule has 1 N–H and O–H groups in total. The normalized spacial score (nSPS) is 18.3. The van der Waals surface area contributed by atoms with Crippen LogP contribution in [0.3, 0.4) is 0 Å². The number of anilines is 1. The van der Waals surface area contributed by atoms with Crippen LogP contribution in [0, 0.1) is 5.82 Å². The fourth-order valence-electron chi connectivity index (χ4n) is 1.97. The van der Waals surface area contributed by atoms with E-state index in [-0.39, 0.29) is 5.82 Å². The van der Waals surface area contributed by atoms with Gasteiger partial charge in [-0.2, -0.15) is 4.98 Å². The molecule has 1 fully saturated rings. The number of nitrogens with one attached hydrogen (secondary N) is 1. The molecule has 96 valence electrons. The SMILES string of the molecule is CN1CCN(Nc2nc3ccc(F)cn3n2)CC1. The van der Waals surface area contributed by atoms with Crippen LogP contribution in [-0.4, -0.2) is 57.7 Å². The lowest BCUT2D eigenvalue weighted by Gasteiger charge is -2.31. The number of piperazine rings is 1. The van der Waals surface area contributed by atoms with Crippen molar-refractivity contribution in [3.63, 3.8) is 0 Å². The minimum Gasteiger partial charge on any atom is -0.304 e. The Morgan fingerprint density at radius 1 is 1.22 bits per heavy atom. The number of likely N-dealkylation sites (N-methyl/N-ethyl adjacent to an activating group) is 1. The molecule has 18 heavy (non-hydrogen) atoms. The van der Waals surface area contributed by atoms with Crippen molar-refractivity contribution in [2.75, 3.05) is 38.7 Å². The summed E-state index contributed by atoms with van der Waals surface area (Å²) in [7, 11) is 2.10. The van der Waals surface area contributed by atoms with E-state index in [1.165, 1.54) is 16.8 Å². The molecule has 1 aliphatic heterocycles. The van der Waals surface area contributed by atoms with Gasteiger partial charge in [0.2, 0.25) is 0 Å². The topological polar surface area (TPSA) is 48.7 Å². The van der Waals surface area contributed by atoms with E-state index in [0.29, 0.717) is 11.6 Å². The Kier molecular flexibility index (Phi) is 2.85. The molecule has 0 spiro atoms. The fourth-order valence-corrected chi connectivity index (χ4v) is 1.97. The molecule has 0 aliphatic carbocycles. The number of hydrogen-bond acceptors (Lipinski definition) is 5. The van der Waals surface area contributed by atoms with Gasteiger partial charge in [0.15, 0.2) is 5.65 Å². The van der Waals surface area contributed by atoms with E-state index in [1.807, 2.05) is 0 Å². The number of halogens is 1. The number of hydrogen-bond donors (Lipinski definition) is 1. The molecule has 3 heterocycles. The standard InChI is InChI=1S/C11H15FN6/c1-16-4-6-17(7-5-16)14-11-13-10-3-2-9(12)8-18(10)15-11/h2-3,8H,4-7H2,1H3,(H,14,15). The summed E-state index contributed by atoms with van der Waals surface area (Å²) in [6.07, 6.45) is 1.32. The van der Waals surface area contributed by atoms with E-state index in [4.69, 9.17) is 0 Å². The van der Waals surface area contributed by atoms with Gasteiger partial charge in [-0.25, -0.2) is 13.9 Å². The van der Waals surface area contributed by atoms with Gasteiger partial charge in [-0.15, -0.1) is 5.10 Å². The van der Waals surface area contributed by atoms with Crippen LogP contribution in [0.5, 0.6) is 0 Å². The zero-order chi connectivity index (χ0) is 12.5. The Bertz CT molecular complexity index is 545. The summed E-state index contributed by atoms with van der Waals surface area (Å²) in [6, 6.07) is 2.99. The highest BCUT2D eigenvalue weighted by molar-refractivity contribution is 5.42. The predicted octanol–water partition coefficient (Wildman–Crippen LogP) is 0.443. The molecular weight excluding hydrogens is 235 g/mol. The molecule has 1 aliphatic rings. The van der Waals surface area contributed by atoms with Crippen molar-refractivity contribution >= 4 is 11.6 Å². The summed E-state index contributed by atoms with van der Waals surface area (Å²) in [6.45, 7) is 3.85. The van der Waals surface area contributed by atoms with Crippen molar-refractivity contribution in [2.24, 2.45) is 0 Å². The smallest absolute Gasteiger partial charge is 0.257 e. The monoisotopic (exact) mass is 250 g/mol. The Morgan fingerprint density at radius 2 is 2.00 bits per heavy atom. The second-order valence-corrected chi connectivity index (χ2v) is 4.49. The lowest BCUT2D eigenvalue weighted by Crippen LogP contribution is -2.47. The van der Waals surface area contributed by atoms with Gasteiger partial charge in [-0.05, 0) is 19.2 Å². The highest BCUT2D eigenvalue weighted by Gasteiger charge is 2.15. The van der Waals surface area contributed by atoms with Gasteiger partial charge in [0, 0.05) is 26.2 Å². The van der Waals surface area contributed by atoms with Crippen molar-refractivity contribution < 1.29 is 4.39 Å². The summed E-state index contributed by atoms with van der Waals surface area (Å²) in [5, 5.41) is 6.26. The van der Waals surface area contributed by atoms with Crippen LogP contribution in [0.25, 0.3) is 5.65 Å². The van der Waals surface area contributed by atoms with Gasteiger partial charge in [-0.1, -0.05) is 0 Å². The number of pyridine rings is 1. The summed E-state index contributed by atoms with van der Waals surface area (Å²) >= 11 is 0. The number of aromatic nitrogens is 3. The minimum atomic E-state index is -0.321. The highest BCUT2D eigenvalue weighted by Crippen LogP contribution is 2.08. The van der Waals surface area contributed by atoms with E-state index in [9.17, 15) is 4.39 Å². The zero-order valence-corrected chi connectivity index (χ0v) is 10.2. The van der Waals surface area contributed by atoms with Gasteiger partial charge < -0.3 is 4.90 Å². The van der Waals surface area contributed by atoms with Gasteiger partial charge >= 0.3 is 0 Å². The first kappa shape index (κ1) is 11.4. The molecule has 7 heteroatoms. The van der Waals surface area contributed by atoms with Gasteiger partial charge in [0.05, 0.1) is 6.20 Å². The molecule has 0 atom stereocenters. The molecular formula is C11H15FN6. The second kappa shape index (κ2) is 4.51. The van der Waals surface area contributed by atoms with Crippen LogP contribution in [-0.2, 0) is 0 Å². The molecule has 0 saturated carbocycles. The minimum absolute atomic E-state index is 0.321.